The van der Waals surface area contributed by atoms with Crippen LogP contribution in [0.25, 0.3) is 6.08 Å². The molecular formula is C17H20O4. The molecule has 2 saturated carbocycles. The summed E-state index contributed by atoms with van der Waals surface area (Å²) in [6.45, 7) is 1.38. The summed E-state index contributed by atoms with van der Waals surface area (Å²) < 4.78 is 17.0. The van der Waals surface area contributed by atoms with Gasteiger partial charge in [-0.15, -0.1) is 0 Å². The Morgan fingerprint density at radius 2 is 2.10 bits per heavy atom. The topological polar surface area (TPSA) is 48.7 Å². The Hall–Kier alpha value is -1.39. The lowest BCUT2D eigenvalue weighted by Crippen LogP contribution is -2.44. The van der Waals surface area contributed by atoms with Gasteiger partial charge in [-0.25, -0.2) is 0 Å². The van der Waals surface area contributed by atoms with Gasteiger partial charge in [-0.3, -0.25) is 4.79 Å². The minimum absolute atomic E-state index is 0.137. The van der Waals surface area contributed by atoms with Crippen molar-refractivity contribution in [3.63, 3.8) is 0 Å². The summed E-state index contributed by atoms with van der Waals surface area (Å²) in [5.41, 5.74) is 0.912. The van der Waals surface area contributed by atoms with E-state index in [1.165, 1.54) is 0 Å². The highest BCUT2D eigenvalue weighted by molar-refractivity contribution is 6.01. The number of carbonyl (C=O) groups is 1. The fraction of sp³-hybridized carbons (Fsp3) is 0.588. The summed E-state index contributed by atoms with van der Waals surface area (Å²) in [6.07, 6.45) is 8.01. The second kappa shape index (κ2) is 5.11. The zero-order valence-corrected chi connectivity index (χ0v) is 12.0. The molecule has 1 aliphatic heterocycles. The van der Waals surface area contributed by atoms with Crippen LogP contribution in [0.1, 0.15) is 37.9 Å². The highest BCUT2D eigenvalue weighted by Gasteiger charge is 2.48. The predicted octanol–water partition coefficient (Wildman–Crippen LogP) is 3.19. The molecule has 1 aromatic rings. The summed E-state index contributed by atoms with van der Waals surface area (Å²) in [5.74, 6) is 1.22. The van der Waals surface area contributed by atoms with Crippen LogP contribution in [0.2, 0.25) is 0 Å². The molecule has 4 heteroatoms. The maximum atomic E-state index is 12.7. The molecule has 112 valence electrons. The Morgan fingerprint density at radius 1 is 1.24 bits per heavy atom. The molecule has 2 aliphatic carbocycles. The highest BCUT2D eigenvalue weighted by atomic mass is 16.7. The molecule has 4 rings (SSSR count). The van der Waals surface area contributed by atoms with E-state index in [-0.39, 0.29) is 11.7 Å². The molecule has 21 heavy (non-hydrogen) atoms. The van der Waals surface area contributed by atoms with Crippen molar-refractivity contribution in [2.45, 2.75) is 37.9 Å². The standard InChI is InChI=1S/C17H20O4/c18-16-12(10-14-2-1-7-19-14)3-4-13-11-17(6-5-15(13)16)20-8-9-21-17/h1-2,7,10,13,15H,3-6,8-9,11H2/b12-10+. The number of carbonyl (C=O) groups excluding carboxylic acids is 1. The van der Waals surface area contributed by atoms with Crippen LogP contribution in [0.15, 0.2) is 28.4 Å². The molecule has 0 N–H and O–H groups in total. The van der Waals surface area contributed by atoms with Crippen molar-refractivity contribution >= 4 is 11.9 Å². The van der Waals surface area contributed by atoms with Crippen molar-refractivity contribution in [1.82, 2.24) is 0 Å². The molecule has 0 bridgehead atoms. The number of hydrogen-bond acceptors (Lipinski definition) is 4. The maximum absolute atomic E-state index is 12.7. The van der Waals surface area contributed by atoms with Gasteiger partial charge < -0.3 is 13.9 Å². The summed E-state index contributed by atoms with van der Waals surface area (Å²) in [5, 5.41) is 0. The van der Waals surface area contributed by atoms with E-state index in [0.29, 0.717) is 24.9 Å². The third-order valence-corrected chi connectivity index (χ3v) is 5.09. The van der Waals surface area contributed by atoms with Crippen molar-refractivity contribution in [3.05, 3.63) is 29.7 Å². The van der Waals surface area contributed by atoms with E-state index in [1.54, 1.807) is 6.26 Å². The molecule has 3 aliphatic rings. The van der Waals surface area contributed by atoms with E-state index in [0.717, 1.165) is 43.4 Å². The molecule has 3 fully saturated rings. The van der Waals surface area contributed by atoms with Crippen LogP contribution in [-0.4, -0.2) is 24.8 Å². The van der Waals surface area contributed by atoms with Crippen LogP contribution in [-0.2, 0) is 14.3 Å². The summed E-state index contributed by atoms with van der Waals surface area (Å²) in [4.78, 5) is 12.7. The van der Waals surface area contributed by atoms with Gasteiger partial charge in [0.2, 0.25) is 0 Å². The first-order valence-electron chi connectivity index (χ1n) is 7.82. The first-order valence-corrected chi connectivity index (χ1v) is 7.82. The predicted molar refractivity (Wildman–Crippen MR) is 76.4 cm³/mol. The lowest BCUT2D eigenvalue weighted by molar-refractivity contribution is -0.196. The van der Waals surface area contributed by atoms with E-state index in [2.05, 4.69) is 0 Å². The monoisotopic (exact) mass is 288 g/mol. The third-order valence-electron chi connectivity index (χ3n) is 5.09. The average molecular weight is 288 g/mol. The normalized spacial score (nSPS) is 33.5. The first kappa shape index (κ1) is 13.3. The molecule has 2 heterocycles. The molecule has 1 aromatic heterocycles. The number of ketones is 1. The number of furan rings is 1. The van der Waals surface area contributed by atoms with Crippen LogP contribution in [0.3, 0.4) is 0 Å². The SMILES string of the molecule is O=C1/C(=C/c2ccco2)CCC2CC3(CCC12)OCCO3. The smallest absolute Gasteiger partial charge is 0.168 e. The van der Waals surface area contributed by atoms with Gasteiger partial charge in [-0.1, -0.05) is 0 Å². The van der Waals surface area contributed by atoms with Gasteiger partial charge in [0.15, 0.2) is 11.6 Å². The zero-order chi connectivity index (χ0) is 14.3. The number of allylic oxidation sites excluding steroid dienone is 1. The van der Waals surface area contributed by atoms with Gasteiger partial charge in [0.25, 0.3) is 0 Å². The molecular weight excluding hydrogens is 268 g/mol. The van der Waals surface area contributed by atoms with E-state index in [9.17, 15) is 4.79 Å². The fourth-order valence-corrected chi connectivity index (χ4v) is 4.05. The third kappa shape index (κ3) is 2.36. The quantitative estimate of drug-likeness (QED) is 0.745. The lowest BCUT2D eigenvalue weighted by atomic mass is 9.67. The van der Waals surface area contributed by atoms with E-state index < -0.39 is 0 Å². The molecule has 0 aromatic carbocycles. The van der Waals surface area contributed by atoms with Crippen molar-refractivity contribution in [2.24, 2.45) is 11.8 Å². The van der Waals surface area contributed by atoms with Crippen LogP contribution < -0.4 is 0 Å². The van der Waals surface area contributed by atoms with Crippen molar-refractivity contribution in [3.8, 4) is 0 Å². The van der Waals surface area contributed by atoms with E-state index >= 15 is 0 Å². The van der Waals surface area contributed by atoms with Crippen LogP contribution >= 0.6 is 0 Å². The summed E-state index contributed by atoms with van der Waals surface area (Å²) >= 11 is 0. The molecule has 2 unspecified atom stereocenters. The van der Waals surface area contributed by atoms with Crippen molar-refractivity contribution < 1.29 is 18.7 Å². The first-order chi connectivity index (χ1) is 10.3. The molecule has 4 nitrogen and oxygen atoms in total. The van der Waals surface area contributed by atoms with Gasteiger partial charge in [-0.05, 0) is 49.0 Å². The summed E-state index contributed by atoms with van der Waals surface area (Å²) in [7, 11) is 0. The maximum Gasteiger partial charge on any atom is 0.168 e. The second-order valence-electron chi connectivity index (χ2n) is 6.30. The fourth-order valence-electron chi connectivity index (χ4n) is 4.05. The summed E-state index contributed by atoms with van der Waals surface area (Å²) in [6, 6.07) is 3.74. The Labute approximate surface area is 124 Å². The Balaban J connectivity index is 1.51. The van der Waals surface area contributed by atoms with Gasteiger partial charge in [0, 0.05) is 18.8 Å². The number of ether oxygens (including phenoxy) is 2. The number of hydrogen-bond donors (Lipinski definition) is 0. The molecule has 1 spiro atoms. The number of fused-ring (bicyclic) bond motifs is 1. The zero-order valence-electron chi connectivity index (χ0n) is 12.0. The minimum atomic E-state index is -0.385. The van der Waals surface area contributed by atoms with Gasteiger partial charge >= 0.3 is 0 Å². The van der Waals surface area contributed by atoms with Gasteiger partial charge in [0.1, 0.15) is 5.76 Å². The Bertz CT molecular complexity index is 551. The Kier molecular flexibility index (Phi) is 3.23. The van der Waals surface area contributed by atoms with Crippen LogP contribution in [0.5, 0.6) is 0 Å². The average Bonchev–Trinajstić information content (AvgIpc) is 3.14. The van der Waals surface area contributed by atoms with Crippen molar-refractivity contribution in [1.29, 1.82) is 0 Å². The Morgan fingerprint density at radius 3 is 2.86 bits per heavy atom. The lowest BCUT2D eigenvalue weighted by Gasteiger charge is -2.43. The van der Waals surface area contributed by atoms with E-state index in [1.807, 2.05) is 18.2 Å². The van der Waals surface area contributed by atoms with Crippen LogP contribution in [0.4, 0.5) is 0 Å². The molecule has 1 saturated heterocycles. The van der Waals surface area contributed by atoms with Crippen LogP contribution in [0, 0.1) is 11.8 Å². The van der Waals surface area contributed by atoms with Gasteiger partial charge in [-0.2, -0.15) is 0 Å². The molecule has 0 radical (unpaired) electrons. The molecule has 0 amide bonds. The van der Waals surface area contributed by atoms with Gasteiger partial charge in [0.05, 0.1) is 19.5 Å². The number of rotatable bonds is 1. The minimum Gasteiger partial charge on any atom is -0.465 e. The highest BCUT2D eigenvalue weighted by Crippen LogP contribution is 2.47. The molecule has 2 atom stereocenters. The number of Topliss-reactive ketones (excluding diaryl/α,β-unsaturated/α-hetero) is 1. The van der Waals surface area contributed by atoms with Crippen molar-refractivity contribution in [2.75, 3.05) is 13.2 Å². The largest absolute Gasteiger partial charge is 0.465 e. The second-order valence-corrected chi connectivity index (χ2v) is 6.30. The van der Waals surface area contributed by atoms with E-state index in [4.69, 9.17) is 13.9 Å².